The van der Waals surface area contributed by atoms with Gasteiger partial charge in [0.05, 0.1) is 30.7 Å². The zero-order valence-corrected chi connectivity index (χ0v) is 10.9. The van der Waals surface area contributed by atoms with E-state index in [9.17, 15) is 4.79 Å². The van der Waals surface area contributed by atoms with Crippen molar-refractivity contribution in [2.45, 2.75) is 13.5 Å². The Morgan fingerprint density at radius 3 is 2.81 bits per heavy atom. The molecule has 6 heteroatoms. The van der Waals surface area contributed by atoms with Gasteiger partial charge in [-0.3, -0.25) is 9.48 Å². The van der Waals surface area contributed by atoms with Crippen molar-refractivity contribution in [2.75, 3.05) is 26.2 Å². The Morgan fingerprint density at radius 1 is 1.56 bits per heavy atom. The summed E-state index contributed by atoms with van der Waals surface area (Å²) in [6.07, 6.45) is 1.85. The van der Waals surface area contributed by atoms with Crippen LogP contribution < -0.4 is 5.32 Å². The average Bonchev–Trinajstić information content (AvgIpc) is 2.71. The van der Waals surface area contributed by atoms with Crippen molar-refractivity contribution in [2.24, 2.45) is 0 Å². The Hall–Kier alpha value is -0.880. The van der Waals surface area contributed by atoms with Gasteiger partial charge in [0.25, 0.3) is 5.91 Å². The van der Waals surface area contributed by atoms with E-state index in [4.69, 9.17) is 0 Å². The van der Waals surface area contributed by atoms with E-state index in [1.165, 1.54) is 0 Å². The molecule has 1 fully saturated rings. The third-order valence-electron chi connectivity index (χ3n) is 2.74. The van der Waals surface area contributed by atoms with E-state index < -0.39 is 0 Å². The molecule has 16 heavy (non-hydrogen) atoms. The van der Waals surface area contributed by atoms with Crippen molar-refractivity contribution in [1.29, 1.82) is 0 Å². The predicted octanol–water partition coefficient (Wildman–Crippen LogP) is -0.315. The summed E-state index contributed by atoms with van der Waals surface area (Å²) in [5.41, 5.74) is 0.531. The van der Waals surface area contributed by atoms with Crippen molar-refractivity contribution in [3.8, 4) is 0 Å². The summed E-state index contributed by atoms with van der Waals surface area (Å²) < 4.78 is 2.56. The highest BCUT2D eigenvalue weighted by Crippen LogP contribution is 2.16. The van der Waals surface area contributed by atoms with Crippen LogP contribution in [0.3, 0.4) is 0 Å². The second-order valence-electron chi connectivity index (χ2n) is 3.84. The third kappa shape index (κ3) is 2.27. The number of hydrogen-bond acceptors (Lipinski definition) is 2. The zero-order chi connectivity index (χ0) is 11.5. The number of nitrogens with two attached hydrogens (primary N) is 1. The second-order valence-corrected chi connectivity index (χ2v) is 4.69. The molecule has 1 aliphatic heterocycles. The first kappa shape index (κ1) is 11.6. The monoisotopic (exact) mass is 287 g/mol. The number of piperazine rings is 1. The highest BCUT2D eigenvalue weighted by molar-refractivity contribution is 9.10. The number of nitrogens with zero attached hydrogens (tertiary/aromatic N) is 3. The zero-order valence-electron chi connectivity index (χ0n) is 9.32. The van der Waals surface area contributed by atoms with Gasteiger partial charge in [-0.2, -0.15) is 5.10 Å². The van der Waals surface area contributed by atoms with Crippen LogP contribution in [0.25, 0.3) is 0 Å². The molecule has 0 bridgehead atoms. The SMILES string of the molecule is CCn1cc(Br)c(C(=O)N2CC[NH2+]CC2)n1. The van der Waals surface area contributed by atoms with Crippen LogP contribution in [-0.2, 0) is 6.54 Å². The molecule has 0 aromatic carbocycles. The molecule has 0 saturated carbocycles. The minimum Gasteiger partial charge on any atom is -0.343 e. The van der Waals surface area contributed by atoms with Crippen molar-refractivity contribution in [3.63, 3.8) is 0 Å². The number of aryl methyl sites for hydroxylation is 1. The Kier molecular flexibility index (Phi) is 3.60. The number of halogens is 1. The van der Waals surface area contributed by atoms with E-state index in [0.29, 0.717) is 5.69 Å². The lowest BCUT2D eigenvalue weighted by Crippen LogP contribution is -2.89. The molecule has 1 saturated heterocycles. The summed E-state index contributed by atoms with van der Waals surface area (Å²) in [5, 5.41) is 6.50. The van der Waals surface area contributed by atoms with Crippen molar-refractivity contribution < 1.29 is 10.1 Å². The first-order valence-corrected chi connectivity index (χ1v) is 6.35. The minimum absolute atomic E-state index is 0.0344. The summed E-state index contributed by atoms with van der Waals surface area (Å²) in [4.78, 5) is 14.0. The standard InChI is InChI=1S/C10H15BrN4O/c1-2-15-7-8(11)9(13-15)10(16)14-5-3-12-4-6-14/h7,12H,2-6H2,1H3/p+1. The summed E-state index contributed by atoms with van der Waals surface area (Å²) in [5.74, 6) is 0.0344. The van der Waals surface area contributed by atoms with Crippen LogP contribution in [0.4, 0.5) is 0 Å². The molecule has 0 spiro atoms. The van der Waals surface area contributed by atoms with Gasteiger partial charge < -0.3 is 10.2 Å². The molecule has 1 aromatic heterocycles. The molecule has 2 N–H and O–H groups in total. The number of amides is 1. The third-order valence-corrected chi connectivity index (χ3v) is 3.32. The van der Waals surface area contributed by atoms with Gasteiger partial charge in [-0.15, -0.1) is 0 Å². The van der Waals surface area contributed by atoms with Gasteiger partial charge in [-0.05, 0) is 22.9 Å². The molecule has 0 atom stereocenters. The smallest absolute Gasteiger partial charge is 0.275 e. The lowest BCUT2D eigenvalue weighted by molar-refractivity contribution is -0.661. The van der Waals surface area contributed by atoms with E-state index in [2.05, 4.69) is 26.3 Å². The van der Waals surface area contributed by atoms with Gasteiger partial charge in [0, 0.05) is 12.7 Å². The van der Waals surface area contributed by atoms with E-state index in [1.807, 2.05) is 18.0 Å². The van der Waals surface area contributed by atoms with Crippen LogP contribution in [0.2, 0.25) is 0 Å². The lowest BCUT2D eigenvalue weighted by Gasteiger charge is -2.24. The van der Waals surface area contributed by atoms with Crippen molar-refractivity contribution >= 4 is 21.8 Å². The first-order valence-electron chi connectivity index (χ1n) is 5.56. The highest BCUT2D eigenvalue weighted by atomic mass is 79.9. The summed E-state index contributed by atoms with van der Waals surface area (Å²) in [6, 6.07) is 0. The number of carbonyl (C=O) groups is 1. The van der Waals surface area contributed by atoms with E-state index >= 15 is 0 Å². The average molecular weight is 288 g/mol. The first-order chi connectivity index (χ1) is 7.72. The molecule has 0 unspecified atom stereocenters. The van der Waals surface area contributed by atoms with Crippen LogP contribution in [0, 0.1) is 0 Å². The molecule has 1 aromatic rings. The van der Waals surface area contributed by atoms with Gasteiger partial charge in [0.15, 0.2) is 5.69 Å². The van der Waals surface area contributed by atoms with Gasteiger partial charge in [-0.1, -0.05) is 0 Å². The van der Waals surface area contributed by atoms with Crippen molar-refractivity contribution in [1.82, 2.24) is 14.7 Å². The van der Waals surface area contributed by atoms with Gasteiger partial charge in [-0.25, -0.2) is 0 Å². The van der Waals surface area contributed by atoms with Crippen LogP contribution >= 0.6 is 15.9 Å². The van der Waals surface area contributed by atoms with Crippen LogP contribution in [0.15, 0.2) is 10.7 Å². The summed E-state index contributed by atoms with van der Waals surface area (Å²) in [7, 11) is 0. The van der Waals surface area contributed by atoms with E-state index in [-0.39, 0.29) is 5.91 Å². The largest absolute Gasteiger partial charge is 0.343 e. The fourth-order valence-electron chi connectivity index (χ4n) is 1.81. The van der Waals surface area contributed by atoms with Crippen LogP contribution in [0.1, 0.15) is 17.4 Å². The molecule has 5 nitrogen and oxygen atoms in total. The lowest BCUT2D eigenvalue weighted by atomic mass is 10.3. The highest BCUT2D eigenvalue weighted by Gasteiger charge is 2.23. The maximum Gasteiger partial charge on any atom is 0.275 e. The Labute approximate surface area is 103 Å². The Morgan fingerprint density at radius 2 is 2.25 bits per heavy atom. The number of carbonyl (C=O) groups excluding carboxylic acids is 1. The van der Waals surface area contributed by atoms with Gasteiger partial charge in [0.1, 0.15) is 0 Å². The molecule has 2 heterocycles. The second kappa shape index (κ2) is 4.97. The topological polar surface area (TPSA) is 54.7 Å². The van der Waals surface area contributed by atoms with E-state index in [1.54, 1.807) is 4.68 Å². The molecule has 0 radical (unpaired) electrons. The number of hydrogen-bond donors (Lipinski definition) is 1. The molecular formula is C10H16BrN4O+. The van der Waals surface area contributed by atoms with Gasteiger partial charge in [0.2, 0.25) is 0 Å². The van der Waals surface area contributed by atoms with E-state index in [0.717, 1.165) is 37.2 Å². The number of aromatic nitrogens is 2. The molecule has 1 aliphatic rings. The van der Waals surface area contributed by atoms with Crippen LogP contribution in [0.5, 0.6) is 0 Å². The summed E-state index contributed by atoms with van der Waals surface area (Å²) in [6.45, 7) is 6.37. The minimum atomic E-state index is 0.0344. The maximum atomic E-state index is 12.2. The molecule has 2 rings (SSSR count). The normalized spacial score (nSPS) is 16.5. The van der Waals surface area contributed by atoms with Gasteiger partial charge >= 0.3 is 0 Å². The predicted molar refractivity (Wildman–Crippen MR) is 63.2 cm³/mol. The molecule has 1 amide bonds. The number of quaternary nitrogens is 1. The molecule has 0 aliphatic carbocycles. The fourth-order valence-corrected chi connectivity index (χ4v) is 2.29. The van der Waals surface area contributed by atoms with Crippen molar-refractivity contribution in [3.05, 3.63) is 16.4 Å². The Balaban J connectivity index is 2.15. The molecule has 88 valence electrons. The quantitative estimate of drug-likeness (QED) is 0.811. The fraction of sp³-hybridized carbons (Fsp3) is 0.600. The molecular weight excluding hydrogens is 272 g/mol. The Bertz CT molecular complexity index is 384. The summed E-state index contributed by atoms with van der Waals surface area (Å²) >= 11 is 3.39. The van der Waals surface area contributed by atoms with Crippen LogP contribution in [-0.4, -0.2) is 46.8 Å². The number of rotatable bonds is 2. The maximum absolute atomic E-state index is 12.2.